The summed E-state index contributed by atoms with van der Waals surface area (Å²) in [6.07, 6.45) is 3.49. The molecule has 0 N–H and O–H groups in total. The highest BCUT2D eigenvalue weighted by atomic mass is 35.5. The number of piperazine rings is 1. The number of carbonyl (C=O) groups excluding carboxylic acids is 1. The monoisotopic (exact) mass is 388 g/mol. The van der Waals surface area contributed by atoms with Crippen molar-refractivity contribution in [2.24, 2.45) is 0 Å². The van der Waals surface area contributed by atoms with Gasteiger partial charge in [0.05, 0.1) is 0 Å². The van der Waals surface area contributed by atoms with E-state index < -0.39 is 0 Å². The van der Waals surface area contributed by atoms with E-state index in [1.54, 1.807) is 6.08 Å². The molecule has 0 bridgehead atoms. The second-order valence-electron chi connectivity index (χ2n) is 6.63. The Balaban J connectivity index is 1.55. The molecule has 0 radical (unpaired) electrons. The molecule has 2 aromatic carbocycles. The molecule has 1 aliphatic rings. The van der Waals surface area contributed by atoms with E-state index in [0.29, 0.717) is 5.02 Å². The lowest BCUT2D eigenvalue weighted by Gasteiger charge is -2.39. The van der Waals surface area contributed by atoms with Gasteiger partial charge in [-0.1, -0.05) is 47.5 Å². The Kier molecular flexibility index (Phi) is 6.36. The predicted molar refractivity (Wildman–Crippen MR) is 108 cm³/mol. The van der Waals surface area contributed by atoms with E-state index >= 15 is 0 Å². The van der Waals surface area contributed by atoms with Gasteiger partial charge in [-0.15, -0.1) is 0 Å². The van der Waals surface area contributed by atoms with Crippen LogP contribution in [0.1, 0.15) is 18.1 Å². The van der Waals surface area contributed by atoms with Gasteiger partial charge >= 0.3 is 0 Å². The van der Waals surface area contributed by atoms with Crippen LogP contribution in [0, 0.1) is 0 Å². The zero-order valence-electron chi connectivity index (χ0n) is 14.7. The predicted octanol–water partition coefficient (Wildman–Crippen LogP) is 4.74. The highest BCUT2D eigenvalue weighted by Gasteiger charge is 2.26. The Bertz CT molecular complexity index is 772. The van der Waals surface area contributed by atoms with E-state index in [9.17, 15) is 4.79 Å². The average Bonchev–Trinajstić information content (AvgIpc) is 2.63. The fraction of sp³-hybridized carbons (Fsp3) is 0.286. The maximum Gasteiger partial charge on any atom is 0.246 e. The number of nitrogens with zero attached hydrogens (tertiary/aromatic N) is 2. The van der Waals surface area contributed by atoms with Gasteiger partial charge in [0.15, 0.2) is 0 Å². The van der Waals surface area contributed by atoms with Crippen LogP contribution in [0.25, 0.3) is 6.08 Å². The van der Waals surface area contributed by atoms with Crippen LogP contribution in [0.15, 0.2) is 54.6 Å². The van der Waals surface area contributed by atoms with Crippen molar-refractivity contribution in [3.05, 3.63) is 75.8 Å². The summed E-state index contributed by atoms with van der Waals surface area (Å²) in [6, 6.07) is 15.6. The van der Waals surface area contributed by atoms with Crippen molar-refractivity contribution in [1.29, 1.82) is 0 Å². The normalized spacial score (nSPS) is 18.4. The molecule has 2 aromatic rings. The first-order valence-electron chi connectivity index (χ1n) is 8.72. The van der Waals surface area contributed by atoms with Crippen molar-refractivity contribution in [1.82, 2.24) is 9.80 Å². The zero-order valence-corrected chi connectivity index (χ0v) is 16.2. The molecule has 136 valence electrons. The van der Waals surface area contributed by atoms with Crippen molar-refractivity contribution in [3.8, 4) is 0 Å². The van der Waals surface area contributed by atoms with Gasteiger partial charge in [-0.05, 0) is 48.4 Å². The molecule has 1 heterocycles. The number of hydrogen-bond acceptors (Lipinski definition) is 2. The van der Waals surface area contributed by atoms with E-state index in [1.807, 2.05) is 47.4 Å². The minimum atomic E-state index is 0.0543. The molecule has 0 spiro atoms. The van der Waals surface area contributed by atoms with Crippen LogP contribution in [-0.2, 0) is 11.3 Å². The molecule has 26 heavy (non-hydrogen) atoms. The van der Waals surface area contributed by atoms with Crippen molar-refractivity contribution in [3.63, 3.8) is 0 Å². The molecule has 1 saturated heterocycles. The third-order valence-corrected chi connectivity index (χ3v) is 5.11. The summed E-state index contributed by atoms with van der Waals surface area (Å²) >= 11 is 11.8. The van der Waals surface area contributed by atoms with Crippen LogP contribution in [0.3, 0.4) is 0 Å². The van der Waals surface area contributed by atoms with Gasteiger partial charge in [-0.25, -0.2) is 0 Å². The molecule has 1 fully saturated rings. The lowest BCUT2D eigenvalue weighted by molar-refractivity contribution is -0.130. The summed E-state index contributed by atoms with van der Waals surface area (Å²) in [5, 5.41) is 1.45. The van der Waals surface area contributed by atoms with Crippen LogP contribution in [0.4, 0.5) is 0 Å². The average molecular weight is 389 g/mol. The van der Waals surface area contributed by atoms with E-state index in [1.165, 1.54) is 5.56 Å². The van der Waals surface area contributed by atoms with Crippen LogP contribution in [-0.4, -0.2) is 41.4 Å². The molecule has 5 heteroatoms. The standard InChI is InChI=1S/C21H22Cl2N2O/c1-16-14-24(15-18-4-9-20(23)10-5-18)12-13-25(16)21(26)11-6-17-2-7-19(22)8-3-17/h2-11,16H,12-15H2,1H3/b11-6+. The number of benzene rings is 2. The molecule has 1 atom stereocenters. The van der Waals surface area contributed by atoms with Gasteiger partial charge in [0.2, 0.25) is 5.91 Å². The molecule has 0 aromatic heterocycles. The summed E-state index contributed by atoms with van der Waals surface area (Å²) in [7, 11) is 0. The molecular weight excluding hydrogens is 367 g/mol. The van der Waals surface area contributed by atoms with Crippen molar-refractivity contribution < 1.29 is 4.79 Å². The maximum atomic E-state index is 12.5. The first kappa shape index (κ1) is 19.0. The van der Waals surface area contributed by atoms with Crippen LogP contribution in [0.2, 0.25) is 10.0 Å². The first-order chi connectivity index (χ1) is 12.5. The number of carbonyl (C=O) groups is 1. The van der Waals surface area contributed by atoms with E-state index in [4.69, 9.17) is 23.2 Å². The third-order valence-electron chi connectivity index (χ3n) is 4.60. The SMILES string of the molecule is CC1CN(Cc2ccc(Cl)cc2)CCN1C(=O)/C=C/c1ccc(Cl)cc1. The fourth-order valence-corrected chi connectivity index (χ4v) is 3.44. The van der Waals surface area contributed by atoms with Gasteiger partial charge in [-0.3, -0.25) is 9.69 Å². The molecular formula is C21H22Cl2N2O. The molecule has 1 aliphatic heterocycles. The number of rotatable bonds is 4. The Morgan fingerprint density at radius 2 is 1.65 bits per heavy atom. The van der Waals surface area contributed by atoms with Gasteiger partial charge in [-0.2, -0.15) is 0 Å². The van der Waals surface area contributed by atoms with Gasteiger partial charge in [0.25, 0.3) is 0 Å². The van der Waals surface area contributed by atoms with Gasteiger partial charge in [0, 0.05) is 48.3 Å². The number of halogens is 2. The Morgan fingerprint density at radius 3 is 2.27 bits per heavy atom. The topological polar surface area (TPSA) is 23.6 Å². The minimum Gasteiger partial charge on any atom is -0.334 e. The van der Waals surface area contributed by atoms with E-state index in [-0.39, 0.29) is 11.9 Å². The van der Waals surface area contributed by atoms with Crippen molar-refractivity contribution >= 4 is 35.2 Å². The fourth-order valence-electron chi connectivity index (χ4n) is 3.19. The minimum absolute atomic E-state index is 0.0543. The van der Waals surface area contributed by atoms with E-state index in [2.05, 4.69) is 24.0 Å². The molecule has 1 amide bonds. The Hall–Kier alpha value is -1.81. The second kappa shape index (κ2) is 8.72. The maximum absolute atomic E-state index is 12.5. The molecule has 0 saturated carbocycles. The molecule has 3 nitrogen and oxygen atoms in total. The van der Waals surface area contributed by atoms with Crippen molar-refractivity contribution in [2.75, 3.05) is 19.6 Å². The van der Waals surface area contributed by atoms with Crippen LogP contribution >= 0.6 is 23.2 Å². The Labute approximate surface area is 164 Å². The molecule has 1 unspecified atom stereocenters. The summed E-state index contributed by atoms with van der Waals surface area (Å²) in [5.74, 6) is 0.0543. The lowest BCUT2D eigenvalue weighted by atomic mass is 10.1. The number of amides is 1. The third kappa shape index (κ3) is 5.10. The largest absolute Gasteiger partial charge is 0.334 e. The zero-order chi connectivity index (χ0) is 18.5. The highest BCUT2D eigenvalue weighted by molar-refractivity contribution is 6.30. The van der Waals surface area contributed by atoms with Crippen LogP contribution < -0.4 is 0 Å². The molecule has 0 aliphatic carbocycles. The van der Waals surface area contributed by atoms with E-state index in [0.717, 1.165) is 36.8 Å². The van der Waals surface area contributed by atoms with Gasteiger partial charge in [0.1, 0.15) is 0 Å². The summed E-state index contributed by atoms with van der Waals surface area (Å²) in [4.78, 5) is 16.8. The summed E-state index contributed by atoms with van der Waals surface area (Å²) in [6.45, 7) is 5.45. The number of hydrogen-bond donors (Lipinski definition) is 0. The first-order valence-corrected chi connectivity index (χ1v) is 9.48. The highest BCUT2D eigenvalue weighted by Crippen LogP contribution is 2.16. The van der Waals surface area contributed by atoms with Gasteiger partial charge < -0.3 is 4.90 Å². The summed E-state index contributed by atoms with van der Waals surface area (Å²) in [5.41, 5.74) is 2.21. The quantitative estimate of drug-likeness (QED) is 0.706. The van der Waals surface area contributed by atoms with Crippen molar-refractivity contribution in [2.45, 2.75) is 19.5 Å². The smallest absolute Gasteiger partial charge is 0.246 e. The molecule has 3 rings (SSSR count). The van der Waals surface area contributed by atoms with Crippen LogP contribution in [0.5, 0.6) is 0 Å². The summed E-state index contributed by atoms with van der Waals surface area (Å²) < 4.78 is 0. The Morgan fingerprint density at radius 1 is 1.04 bits per heavy atom. The second-order valence-corrected chi connectivity index (χ2v) is 7.50. The lowest BCUT2D eigenvalue weighted by Crippen LogP contribution is -2.53.